The number of carbonyl (C=O) groups excluding carboxylic acids is 1. The Hall–Kier alpha value is -2.21. The SMILES string of the molecule is CN(CC(=O)N(C)Cc1ccco1)Cc1ccc(F)cc1F. The number of hydrogen-bond donors (Lipinski definition) is 0. The maximum atomic E-state index is 13.6. The van der Waals surface area contributed by atoms with E-state index in [1.807, 2.05) is 0 Å². The van der Waals surface area contributed by atoms with Gasteiger partial charge < -0.3 is 9.32 Å². The van der Waals surface area contributed by atoms with Crippen molar-refractivity contribution in [2.24, 2.45) is 0 Å². The summed E-state index contributed by atoms with van der Waals surface area (Å²) < 4.78 is 31.6. The largest absolute Gasteiger partial charge is 0.467 e. The quantitative estimate of drug-likeness (QED) is 0.823. The molecule has 0 atom stereocenters. The summed E-state index contributed by atoms with van der Waals surface area (Å²) in [5, 5.41) is 0. The van der Waals surface area contributed by atoms with E-state index in [1.165, 1.54) is 17.0 Å². The van der Waals surface area contributed by atoms with Gasteiger partial charge in [-0.25, -0.2) is 8.78 Å². The molecule has 1 amide bonds. The fraction of sp³-hybridized carbons (Fsp3) is 0.312. The summed E-state index contributed by atoms with van der Waals surface area (Å²) in [5.41, 5.74) is 0.352. The van der Waals surface area contributed by atoms with Gasteiger partial charge in [-0.1, -0.05) is 6.07 Å². The normalized spacial score (nSPS) is 11.0. The van der Waals surface area contributed by atoms with Gasteiger partial charge in [-0.15, -0.1) is 0 Å². The third-order valence-corrected chi connectivity index (χ3v) is 3.26. The number of hydrogen-bond acceptors (Lipinski definition) is 3. The van der Waals surface area contributed by atoms with E-state index in [4.69, 9.17) is 4.42 Å². The number of rotatable bonds is 6. The van der Waals surface area contributed by atoms with Crippen molar-refractivity contribution in [2.45, 2.75) is 13.1 Å². The zero-order valence-electron chi connectivity index (χ0n) is 12.6. The topological polar surface area (TPSA) is 36.7 Å². The lowest BCUT2D eigenvalue weighted by Gasteiger charge is -2.21. The van der Waals surface area contributed by atoms with E-state index in [1.54, 1.807) is 37.4 Å². The highest BCUT2D eigenvalue weighted by Gasteiger charge is 2.14. The molecule has 0 saturated carbocycles. The Morgan fingerprint density at radius 2 is 1.95 bits per heavy atom. The van der Waals surface area contributed by atoms with E-state index in [-0.39, 0.29) is 19.0 Å². The number of carbonyl (C=O) groups is 1. The second-order valence-corrected chi connectivity index (χ2v) is 5.24. The van der Waals surface area contributed by atoms with Crippen LogP contribution in [0.1, 0.15) is 11.3 Å². The van der Waals surface area contributed by atoms with Gasteiger partial charge in [0.15, 0.2) is 0 Å². The number of amides is 1. The third-order valence-electron chi connectivity index (χ3n) is 3.26. The molecular formula is C16H18F2N2O2. The minimum absolute atomic E-state index is 0.110. The Balaban J connectivity index is 1.87. The van der Waals surface area contributed by atoms with Gasteiger partial charge in [0.25, 0.3) is 0 Å². The first-order valence-electron chi connectivity index (χ1n) is 6.84. The molecule has 1 aromatic carbocycles. The van der Waals surface area contributed by atoms with Crippen LogP contribution in [0.4, 0.5) is 8.78 Å². The van der Waals surface area contributed by atoms with Crippen LogP contribution >= 0.6 is 0 Å². The molecule has 6 heteroatoms. The fourth-order valence-corrected chi connectivity index (χ4v) is 2.07. The van der Waals surface area contributed by atoms with Gasteiger partial charge in [0.05, 0.1) is 19.4 Å². The maximum absolute atomic E-state index is 13.6. The average molecular weight is 308 g/mol. The zero-order valence-corrected chi connectivity index (χ0v) is 12.6. The van der Waals surface area contributed by atoms with Crippen molar-refractivity contribution in [3.05, 3.63) is 59.6 Å². The Morgan fingerprint density at radius 1 is 1.18 bits per heavy atom. The van der Waals surface area contributed by atoms with E-state index < -0.39 is 11.6 Å². The molecule has 0 radical (unpaired) electrons. The minimum Gasteiger partial charge on any atom is -0.467 e. The first-order chi connectivity index (χ1) is 10.5. The molecule has 2 aromatic rings. The number of halogens is 2. The van der Waals surface area contributed by atoms with E-state index in [9.17, 15) is 13.6 Å². The summed E-state index contributed by atoms with van der Waals surface area (Å²) in [4.78, 5) is 15.3. The smallest absolute Gasteiger partial charge is 0.236 e. The van der Waals surface area contributed by atoms with Crippen molar-refractivity contribution in [2.75, 3.05) is 20.6 Å². The van der Waals surface area contributed by atoms with Gasteiger partial charge in [-0.3, -0.25) is 9.69 Å². The highest BCUT2D eigenvalue weighted by atomic mass is 19.1. The Morgan fingerprint density at radius 3 is 2.59 bits per heavy atom. The Bertz CT molecular complexity index is 629. The van der Waals surface area contributed by atoms with Crippen molar-refractivity contribution in [1.29, 1.82) is 0 Å². The predicted octanol–water partition coefficient (Wildman–Crippen LogP) is 2.65. The van der Waals surface area contributed by atoms with E-state index in [0.717, 1.165) is 6.07 Å². The monoisotopic (exact) mass is 308 g/mol. The van der Waals surface area contributed by atoms with Crippen LogP contribution in [0.5, 0.6) is 0 Å². The molecule has 4 nitrogen and oxygen atoms in total. The van der Waals surface area contributed by atoms with Crippen molar-refractivity contribution in [3.8, 4) is 0 Å². The lowest BCUT2D eigenvalue weighted by molar-refractivity contribution is -0.131. The molecule has 2 rings (SSSR count). The second kappa shape index (κ2) is 7.17. The Labute approximate surface area is 127 Å². The van der Waals surface area contributed by atoms with E-state index in [0.29, 0.717) is 17.9 Å². The van der Waals surface area contributed by atoms with Crippen molar-refractivity contribution < 1.29 is 18.0 Å². The zero-order chi connectivity index (χ0) is 16.1. The summed E-state index contributed by atoms with van der Waals surface area (Å²) >= 11 is 0. The third kappa shape index (κ3) is 4.39. The van der Waals surface area contributed by atoms with Gasteiger partial charge in [0, 0.05) is 25.2 Å². The molecule has 0 unspecified atom stereocenters. The molecule has 0 aliphatic carbocycles. The molecule has 0 bridgehead atoms. The molecule has 0 fully saturated rings. The number of nitrogens with zero attached hydrogens (tertiary/aromatic N) is 2. The van der Waals surface area contributed by atoms with E-state index in [2.05, 4.69) is 0 Å². The molecule has 0 saturated heterocycles. The highest BCUT2D eigenvalue weighted by Crippen LogP contribution is 2.12. The summed E-state index contributed by atoms with van der Waals surface area (Å²) in [6.45, 7) is 0.741. The van der Waals surface area contributed by atoms with Gasteiger partial charge in [-0.05, 0) is 25.2 Å². The van der Waals surface area contributed by atoms with Gasteiger partial charge >= 0.3 is 0 Å². The van der Waals surface area contributed by atoms with Crippen LogP contribution in [-0.2, 0) is 17.9 Å². The van der Waals surface area contributed by atoms with E-state index >= 15 is 0 Å². The van der Waals surface area contributed by atoms with Crippen LogP contribution in [0.2, 0.25) is 0 Å². The molecule has 118 valence electrons. The van der Waals surface area contributed by atoms with Crippen molar-refractivity contribution in [1.82, 2.24) is 9.80 Å². The van der Waals surface area contributed by atoms with Crippen LogP contribution in [0.3, 0.4) is 0 Å². The molecule has 22 heavy (non-hydrogen) atoms. The standard InChI is InChI=1S/C16H18F2N2O2/c1-19(9-12-5-6-13(17)8-15(12)18)11-16(21)20(2)10-14-4-3-7-22-14/h3-8H,9-11H2,1-2H3. The second-order valence-electron chi connectivity index (χ2n) is 5.24. The number of benzene rings is 1. The van der Waals surface area contributed by atoms with Crippen LogP contribution in [0, 0.1) is 11.6 Å². The summed E-state index contributed by atoms with van der Waals surface area (Å²) in [6, 6.07) is 6.99. The minimum atomic E-state index is -0.613. The first kappa shape index (κ1) is 16.2. The molecule has 0 aliphatic rings. The summed E-state index contributed by atoms with van der Waals surface area (Å²) in [7, 11) is 3.39. The van der Waals surface area contributed by atoms with Crippen molar-refractivity contribution >= 4 is 5.91 Å². The molecule has 0 spiro atoms. The van der Waals surface area contributed by atoms with Crippen LogP contribution in [0.25, 0.3) is 0 Å². The average Bonchev–Trinajstić information content (AvgIpc) is 2.94. The van der Waals surface area contributed by atoms with Crippen molar-refractivity contribution in [3.63, 3.8) is 0 Å². The molecule has 1 heterocycles. The molecule has 0 N–H and O–H groups in total. The number of likely N-dealkylation sites (N-methyl/N-ethyl adjacent to an activating group) is 2. The number of furan rings is 1. The van der Waals surface area contributed by atoms with Crippen LogP contribution in [0.15, 0.2) is 41.0 Å². The van der Waals surface area contributed by atoms with Gasteiger partial charge in [0.1, 0.15) is 17.4 Å². The summed E-state index contributed by atoms with van der Waals surface area (Å²) in [5.74, 6) is -0.633. The summed E-state index contributed by atoms with van der Waals surface area (Å²) in [6.07, 6.45) is 1.55. The molecule has 0 aliphatic heterocycles. The Kier molecular flexibility index (Phi) is 5.27. The fourth-order valence-electron chi connectivity index (χ4n) is 2.07. The predicted molar refractivity (Wildman–Crippen MR) is 77.9 cm³/mol. The first-order valence-corrected chi connectivity index (χ1v) is 6.84. The van der Waals surface area contributed by atoms with Crippen LogP contribution < -0.4 is 0 Å². The van der Waals surface area contributed by atoms with Crippen LogP contribution in [-0.4, -0.2) is 36.3 Å². The van der Waals surface area contributed by atoms with Gasteiger partial charge in [0.2, 0.25) is 5.91 Å². The lowest BCUT2D eigenvalue weighted by Crippen LogP contribution is -2.36. The maximum Gasteiger partial charge on any atom is 0.236 e. The molecular weight excluding hydrogens is 290 g/mol. The van der Waals surface area contributed by atoms with Gasteiger partial charge in [-0.2, -0.15) is 0 Å². The highest BCUT2D eigenvalue weighted by molar-refractivity contribution is 5.77. The molecule has 1 aromatic heterocycles. The lowest BCUT2D eigenvalue weighted by atomic mass is 10.2.